The Morgan fingerprint density at radius 1 is 1.00 bits per heavy atom. The van der Waals surface area contributed by atoms with E-state index >= 15 is 0 Å². The number of benzene rings is 2. The maximum Gasteiger partial charge on any atom is 0.407 e. The third-order valence-electron chi connectivity index (χ3n) is 7.50. The van der Waals surface area contributed by atoms with Gasteiger partial charge in [0.2, 0.25) is 5.91 Å². The van der Waals surface area contributed by atoms with Crippen LogP contribution in [0.15, 0.2) is 48.5 Å². The van der Waals surface area contributed by atoms with Crippen molar-refractivity contribution in [3.05, 3.63) is 59.7 Å². The van der Waals surface area contributed by atoms with Gasteiger partial charge in [-0.15, -0.1) is 0 Å². The van der Waals surface area contributed by atoms with E-state index in [1.165, 1.54) is 11.1 Å². The summed E-state index contributed by atoms with van der Waals surface area (Å²) in [5.41, 5.74) is 3.48. The zero-order valence-corrected chi connectivity index (χ0v) is 19.5. The molecule has 0 bridgehead atoms. The number of carbonyl (C=O) groups excluding carboxylic acids is 2. The fourth-order valence-corrected chi connectivity index (χ4v) is 5.59. The first-order chi connectivity index (χ1) is 17.0. The molecular formula is C27H30N2O6. The third kappa shape index (κ3) is 4.62. The summed E-state index contributed by atoms with van der Waals surface area (Å²) < 4.78 is 11.2. The van der Waals surface area contributed by atoms with Crippen molar-refractivity contribution in [2.75, 3.05) is 19.8 Å². The molecule has 0 radical (unpaired) electrons. The summed E-state index contributed by atoms with van der Waals surface area (Å²) in [7, 11) is 0. The zero-order chi connectivity index (χ0) is 24.4. The summed E-state index contributed by atoms with van der Waals surface area (Å²) in [5.74, 6) is -1.71. The molecule has 0 unspecified atom stereocenters. The monoisotopic (exact) mass is 478 g/mol. The van der Waals surface area contributed by atoms with Crippen LogP contribution in [0.4, 0.5) is 4.79 Å². The maximum atomic E-state index is 12.7. The Morgan fingerprint density at radius 3 is 2.26 bits per heavy atom. The van der Waals surface area contributed by atoms with E-state index in [4.69, 9.17) is 9.47 Å². The van der Waals surface area contributed by atoms with E-state index < -0.39 is 23.5 Å². The van der Waals surface area contributed by atoms with Crippen LogP contribution in [0.2, 0.25) is 0 Å². The van der Waals surface area contributed by atoms with Crippen LogP contribution in [0.25, 0.3) is 11.1 Å². The first-order valence-corrected chi connectivity index (χ1v) is 12.2. The Balaban J connectivity index is 1.10. The number of nitrogens with one attached hydrogen (secondary N) is 2. The van der Waals surface area contributed by atoms with Gasteiger partial charge in [0.25, 0.3) is 0 Å². The molecule has 184 valence electrons. The van der Waals surface area contributed by atoms with Crippen LogP contribution in [0.1, 0.15) is 49.1 Å². The van der Waals surface area contributed by atoms with Gasteiger partial charge < -0.3 is 25.2 Å². The predicted octanol–water partition coefficient (Wildman–Crippen LogP) is 3.44. The summed E-state index contributed by atoms with van der Waals surface area (Å²) in [6.45, 7) is 0.663. The van der Waals surface area contributed by atoms with Crippen LogP contribution >= 0.6 is 0 Å². The molecule has 1 heterocycles. The minimum atomic E-state index is -1.16. The van der Waals surface area contributed by atoms with Gasteiger partial charge in [0.1, 0.15) is 12.1 Å². The van der Waals surface area contributed by atoms with Crippen LogP contribution in [0.5, 0.6) is 0 Å². The molecule has 35 heavy (non-hydrogen) atoms. The Kier molecular flexibility index (Phi) is 6.47. The Bertz CT molecular complexity index is 1080. The summed E-state index contributed by atoms with van der Waals surface area (Å²) in [4.78, 5) is 36.8. The van der Waals surface area contributed by atoms with E-state index in [9.17, 15) is 19.5 Å². The molecule has 8 nitrogen and oxygen atoms in total. The Hall–Kier alpha value is -3.39. The number of rotatable bonds is 7. The average Bonchev–Trinajstić information content (AvgIpc) is 3.60. The molecule has 2 aliphatic carbocycles. The Morgan fingerprint density at radius 2 is 1.63 bits per heavy atom. The molecule has 2 fully saturated rings. The van der Waals surface area contributed by atoms with Crippen LogP contribution in [-0.2, 0) is 19.1 Å². The second kappa shape index (κ2) is 9.70. The van der Waals surface area contributed by atoms with Crippen molar-refractivity contribution < 1.29 is 29.0 Å². The molecule has 0 aromatic heterocycles. The summed E-state index contributed by atoms with van der Waals surface area (Å²) in [6.07, 6.45) is 2.06. The molecule has 2 amide bonds. The van der Waals surface area contributed by atoms with Crippen LogP contribution in [0, 0.1) is 5.92 Å². The van der Waals surface area contributed by atoms with Gasteiger partial charge in [0.15, 0.2) is 0 Å². The number of hydrogen-bond donors (Lipinski definition) is 3. The van der Waals surface area contributed by atoms with Crippen molar-refractivity contribution in [3.8, 4) is 11.1 Å². The fourth-order valence-electron chi connectivity index (χ4n) is 5.59. The largest absolute Gasteiger partial charge is 0.480 e. The zero-order valence-electron chi connectivity index (χ0n) is 19.5. The molecule has 3 aliphatic rings. The van der Waals surface area contributed by atoms with Gasteiger partial charge in [0, 0.05) is 12.5 Å². The number of amides is 2. The number of carboxylic acids is 1. The molecular weight excluding hydrogens is 448 g/mol. The molecule has 1 saturated carbocycles. The lowest BCUT2D eigenvalue weighted by Gasteiger charge is -2.26. The fraction of sp³-hybridized carbons (Fsp3) is 0.444. The second-order valence-corrected chi connectivity index (χ2v) is 9.68. The average molecular weight is 479 g/mol. The van der Waals surface area contributed by atoms with Crippen molar-refractivity contribution in [1.29, 1.82) is 0 Å². The van der Waals surface area contributed by atoms with Gasteiger partial charge in [-0.3, -0.25) is 4.79 Å². The van der Waals surface area contributed by atoms with E-state index in [1.807, 2.05) is 24.3 Å². The molecule has 1 aliphatic heterocycles. The number of fused-ring (bicyclic) bond motifs is 3. The van der Waals surface area contributed by atoms with Gasteiger partial charge in [0.05, 0.1) is 18.6 Å². The van der Waals surface area contributed by atoms with E-state index in [1.54, 1.807) is 0 Å². The molecule has 2 atom stereocenters. The predicted molar refractivity (Wildman–Crippen MR) is 128 cm³/mol. The van der Waals surface area contributed by atoms with Crippen molar-refractivity contribution in [2.24, 2.45) is 5.92 Å². The first-order valence-electron chi connectivity index (χ1n) is 12.2. The number of hydrogen-bond acceptors (Lipinski definition) is 5. The molecule has 1 saturated heterocycles. The smallest absolute Gasteiger partial charge is 0.407 e. The van der Waals surface area contributed by atoms with E-state index in [2.05, 4.69) is 34.9 Å². The van der Waals surface area contributed by atoms with E-state index in [-0.39, 0.29) is 37.7 Å². The van der Waals surface area contributed by atoms with Crippen molar-refractivity contribution in [1.82, 2.24) is 10.6 Å². The number of aliphatic carboxylic acids is 1. The van der Waals surface area contributed by atoms with Gasteiger partial charge in [-0.25, -0.2) is 9.59 Å². The summed E-state index contributed by atoms with van der Waals surface area (Å²) in [6, 6.07) is 16.3. The van der Waals surface area contributed by atoms with E-state index in [0.717, 1.165) is 24.0 Å². The number of alkyl carbamates (subject to hydrolysis) is 1. The topological polar surface area (TPSA) is 114 Å². The van der Waals surface area contributed by atoms with Gasteiger partial charge in [-0.05, 0) is 41.5 Å². The highest BCUT2D eigenvalue weighted by Crippen LogP contribution is 2.44. The first kappa shape index (κ1) is 23.4. The van der Waals surface area contributed by atoms with Crippen molar-refractivity contribution >= 4 is 18.0 Å². The minimum Gasteiger partial charge on any atom is -0.480 e. The third-order valence-corrected chi connectivity index (χ3v) is 7.50. The van der Waals surface area contributed by atoms with Gasteiger partial charge in [-0.2, -0.15) is 0 Å². The normalized spacial score (nSPS) is 22.3. The van der Waals surface area contributed by atoms with Crippen LogP contribution in [-0.4, -0.2) is 54.5 Å². The minimum absolute atomic E-state index is 0.0129. The lowest BCUT2D eigenvalue weighted by atomic mass is 9.95. The quantitative estimate of drug-likeness (QED) is 0.562. The molecule has 2 aromatic rings. The van der Waals surface area contributed by atoms with Gasteiger partial charge in [-0.1, -0.05) is 61.4 Å². The molecule has 2 aromatic carbocycles. The lowest BCUT2D eigenvalue weighted by molar-refractivity contribution is -0.148. The highest BCUT2D eigenvalue weighted by molar-refractivity contribution is 5.88. The maximum absolute atomic E-state index is 12.7. The summed E-state index contributed by atoms with van der Waals surface area (Å²) in [5, 5.41) is 15.1. The van der Waals surface area contributed by atoms with Crippen molar-refractivity contribution in [3.63, 3.8) is 0 Å². The number of carboxylic acid groups (broad SMARTS) is 1. The summed E-state index contributed by atoms with van der Waals surface area (Å²) >= 11 is 0. The molecule has 8 heteroatoms. The molecule has 3 N–H and O–H groups in total. The van der Waals surface area contributed by atoms with Crippen LogP contribution in [0.3, 0.4) is 0 Å². The number of ether oxygens (including phenoxy) is 2. The van der Waals surface area contributed by atoms with E-state index in [0.29, 0.717) is 19.3 Å². The van der Waals surface area contributed by atoms with Gasteiger partial charge >= 0.3 is 12.1 Å². The van der Waals surface area contributed by atoms with Crippen LogP contribution < -0.4 is 10.6 Å². The number of carbonyl (C=O) groups is 3. The highest BCUT2D eigenvalue weighted by Gasteiger charge is 2.44. The van der Waals surface area contributed by atoms with Crippen molar-refractivity contribution in [2.45, 2.75) is 49.7 Å². The Labute approximate surface area is 204 Å². The SMILES string of the molecule is O=C(NC[C@@H]1C[C@H](C(=O)NC2(C(=O)O)CCCC2)CO1)OCC1c2ccccc2-c2ccccc21. The highest BCUT2D eigenvalue weighted by atomic mass is 16.5. The lowest BCUT2D eigenvalue weighted by Crippen LogP contribution is -2.54. The standard InChI is InChI=1S/C27H30N2O6/c30-24(29-27(25(31)32)11-5-6-12-27)17-13-18(34-15-17)14-28-26(33)35-16-23-21-9-3-1-7-19(21)20-8-2-4-10-22(20)23/h1-4,7-10,17-18,23H,5-6,11-16H2,(H,28,33)(H,29,30)(H,31,32)/t17-,18-/m0/s1. The molecule has 5 rings (SSSR count). The second-order valence-electron chi connectivity index (χ2n) is 9.68. The molecule has 0 spiro atoms.